The molecule has 17 heavy (non-hydrogen) atoms. The van der Waals surface area contributed by atoms with Gasteiger partial charge >= 0.3 is 5.97 Å². The van der Waals surface area contributed by atoms with E-state index in [9.17, 15) is 9.90 Å². The van der Waals surface area contributed by atoms with Gasteiger partial charge in [0.1, 0.15) is 6.23 Å². The zero-order chi connectivity index (χ0) is 13.1. The number of carbonyl (C=O) groups excluding carboxylic acids is 1. The Hall–Kier alpha value is -0.610. The van der Waals surface area contributed by atoms with E-state index in [0.717, 1.165) is 38.8 Å². The second-order valence-corrected chi connectivity index (χ2v) is 4.35. The summed E-state index contributed by atoms with van der Waals surface area (Å²) < 4.78 is 4.85. The summed E-state index contributed by atoms with van der Waals surface area (Å²) in [5.74, 6) is -0.286. The molecule has 0 aromatic rings. The van der Waals surface area contributed by atoms with E-state index in [0.29, 0.717) is 13.0 Å². The van der Waals surface area contributed by atoms with Crippen molar-refractivity contribution in [2.24, 2.45) is 0 Å². The first kappa shape index (κ1) is 16.4. The molecule has 1 atom stereocenters. The lowest BCUT2D eigenvalue weighted by Crippen LogP contribution is -2.37. The molecule has 0 bridgehead atoms. The number of rotatable bonds is 10. The maximum Gasteiger partial charge on any atom is 0.302 e. The van der Waals surface area contributed by atoms with Crippen LogP contribution < -0.4 is 0 Å². The Balaban J connectivity index is 3.92. The Morgan fingerprint density at radius 1 is 1.24 bits per heavy atom. The summed E-state index contributed by atoms with van der Waals surface area (Å²) in [5, 5.41) is 10.0. The van der Waals surface area contributed by atoms with Gasteiger partial charge in [-0.2, -0.15) is 0 Å². The zero-order valence-electron chi connectivity index (χ0n) is 11.4. The van der Waals surface area contributed by atoms with Crippen molar-refractivity contribution in [1.29, 1.82) is 0 Å². The zero-order valence-corrected chi connectivity index (χ0v) is 11.4. The summed E-state index contributed by atoms with van der Waals surface area (Å²) in [4.78, 5) is 12.7. The number of ether oxygens (including phenoxy) is 1. The molecule has 0 aromatic heterocycles. The molecule has 0 amide bonds. The van der Waals surface area contributed by atoms with Crippen molar-refractivity contribution in [1.82, 2.24) is 4.90 Å². The third-order valence-electron chi connectivity index (χ3n) is 2.70. The molecule has 1 unspecified atom stereocenters. The van der Waals surface area contributed by atoms with E-state index in [4.69, 9.17) is 4.74 Å². The highest BCUT2D eigenvalue weighted by atomic mass is 16.5. The van der Waals surface area contributed by atoms with Gasteiger partial charge in [-0.15, -0.1) is 0 Å². The van der Waals surface area contributed by atoms with Gasteiger partial charge in [-0.05, 0) is 12.8 Å². The van der Waals surface area contributed by atoms with Gasteiger partial charge in [0.05, 0.1) is 6.61 Å². The van der Waals surface area contributed by atoms with Gasteiger partial charge < -0.3 is 9.84 Å². The Morgan fingerprint density at radius 2 is 1.76 bits per heavy atom. The van der Waals surface area contributed by atoms with E-state index >= 15 is 0 Å². The van der Waals surface area contributed by atoms with Crippen molar-refractivity contribution in [3.05, 3.63) is 0 Å². The van der Waals surface area contributed by atoms with E-state index in [1.54, 1.807) is 0 Å². The first-order chi connectivity index (χ1) is 8.11. The van der Waals surface area contributed by atoms with E-state index in [1.807, 2.05) is 0 Å². The number of aliphatic hydroxyl groups excluding tert-OH is 1. The highest BCUT2D eigenvalue weighted by Crippen LogP contribution is 2.06. The van der Waals surface area contributed by atoms with Crippen LogP contribution in [0.1, 0.15) is 52.9 Å². The fourth-order valence-electron chi connectivity index (χ4n) is 1.62. The Bertz CT molecular complexity index is 189. The molecular weight excluding hydrogens is 218 g/mol. The summed E-state index contributed by atoms with van der Waals surface area (Å²) in [5.41, 5.74) is 0. The molecule has 0 aromatic carbocycles. The quantitative estimate of drug-likeness (QED) is 0.473. The molecule has 0 rings (SSSR count). The molecule has 4 nitrogen and oxygen atoms in total. The number of aliphatic hydroxyl groups is 1. The molecular formula is C13H27NO3. The van der Waals surface area contributed by atoms with Gasteiger partial charge in [0.15, 0.2) is 0 Å². The Labute approximate surface area is 105 Å². The van der Waals surface area contributed by atoms with Crippen molar-refractivity contribution in [3.63, 3.8) is 0 Å². The molecule has 0 saturated heterocycles. The third-order valence-corrected chi connectivity index (χ3v) is 2.70. The lowest BCUT2D eigenvalue weighted by molar-refractivity contribution is -0.142. The maximum atomic E-state index is 10.6. The monoisotopic (exact) mass is 245 g/mol. The number of esters is 1. The summed E-state index contributed by atoms with van der Waals surface area (Å²) in [7, 11) is 0. The van der Waals surface area contributed by atoms with Gasteiger partial charge in [0.2, 0.25) is 0 Å². The third kappa shape index (κ3) is 9.12. The Kier molecular flexibility index (Phi) is 10.2. The molecule has 0 aliphatic heterocycles. The summed E-state index contributed by atoms with van der Waals surface area (Å²) in [6.45, 7) is 7.80. The largest absolute Gasteiger partial charge is 0.466 e. The van der Waals surface area contributed by atoms with Crippen LogP contribution >= 0.6 is 0 Å². The summed E-state index contributed by atoms with van der Waals surface area (Å²) >= 11 is 0. The van der Waals surface area contributed by atoms with Crippen LogP contribution in [0.2, 0.25) is 0 Å². The van der Waals surface area contributed by atoms with Crippen molar-refractivity contribution >= 4 is 5.97 Å². The number of hydrogen-bond acceptors (Lipinski definition) is 4. The minimum atomic E-state index is -0.493. The normalized spacial score (nSPS) is 12.8. The molecule has 0 radical (unpaired) electrons. The van der Waals surface area contributed by atoms with Crippen LogP contribution in [0.5, 0.6) is 0 Å². The Morgan fingerprint density at radius 3 is 2.18 bits per heavy atom. The lowest BCUT2D eigenvalue weighted by Gasteiger charge is -2.27. The maximum absolute atomic E-state index is 10.6. The van der Waals surface area contributed by atoms with Gasteiger partial charge in [0, 0.05) is 26.4 Å². The number of carbonyl (C=O) groups is 1. The molecule has 0 fully saturated rings. The van der Waals surface area contributed by atoms with Crippen LogP contribution in [0, 0.1) is 0 Å². The van der Waals surface area contributed by atoms with Crippen molar-refractivity contribution in [2.75, 3.05) is 19.7 Å². The molecule has 0 saturated carbocycles. The topological polar surface area (TPSA) is 49.8 Å². The van der Waals surface area contributed by atoms with Crippen molar-refractivity contribution in [2.45, 2.75) is 59.1 Å². The minimum Gasteiger partial charge on any atom is -0.466 e. The van der Waals surface area contributed by atoms with E-state index in [1.165, 1.54) is 6.92 Å². The minimum absolute atomic E-state index is 0.286. The molecule has 1 N–H and O–H groups in total. The standard InChI is InChI=1S/C13H27NO3/c1-4-6-9-14(10-7-5-2)13(16)8-11-17-12(3)15/h13,16H,4-11H2,1-3H3. The first-order valence-electron chi connectivity index (χ1n) is 6.67. The second-order valence-electron chi connectivity index (χ2n) is 4.35. The molecule has 102 valence electrons. The molecule has 0 spiro atoms. The number of nitrogens with zero attached hydrogens (tertiary/aromatic N) is 1. The fourth-order valence-corrected chi connectivity index (χ4v) is 1.62. The average Bonchev–Trinajstić information content (AvgIpc) is 2.28. The van der Waals surface area contributed by atoms with E-state index < -0.39 is 6.23 Å². The highest BCUT2D eigenvalue weighted by Gasteiger charge is 2.14. The van der Waals surface area contributed by atoms with Crippen LogP contribution in [0.25, 0.3) is 0 Å². The predicted molar refractivity (Wildman–Crippen MR) is 68.6 cm³/mol. The molecule has 0 aliphatic carbocycles. The average molecular weight is 245 g/mol. The van der Waals surface area contributed by atoms with E-state index in [-0.39, 0.29) is 5.97 Å². The summed E-state index contributed by atoms with van der Waals surface area (Å²) in [6, 6.07) is 0. The van der Waals surface area contributed by atoms with Crippen LogP contribution in [0.3, 0.4) is 0 Å². The predicted octanol–water partition coefficient (Wildman–Crippen LogP) is 2.16. The van der Waals surface area contributed by atoms with Crippen molar-refractivity contribution in [3.8, 4) is 0 Å². The number of hydrogen-bond donors (Lipinski definition) is 1. The highest BCUT2D eigenvalue weighted by molar-refractivity contribution is 5.65. The van der Waals surface area contributed by atoms with Crippen LogP contribution in [0.15, 0.2) is 0 Å². The van der Waals surface area contributed by atoms with Gasteiger partial charge in [0.25, 0.3) is 0 Å². The summed E-state index contributed by atoms with van der Waals surface area (Å²) in [6.07, 6.45) is 4.43. The molecule has 0 aliphatic rings. The van der Waals surface area contributed by atoms with Crippen molar-refractivity contribution < 1.29 is 14.6 Å². The van der Waals surface area contributed by atoms with Gasteiger partial charge in [-0.1, -0.05) is 26.7 Å². The van der Waals surface area contributed by atoms with Crippen LogP contribution in [-0.2, 0) is 9.53 Å². The van der Waals surface area contributed by atoms with Gasteiger partial charge in [-0.3, -0.25) is 9.69 Å². The van der Waals surface area contributed by atoms with E-state index in [2.05, 4.69) is 18.7 Å². The van der Waals surface area contributed by atoms with Crippen LogP contribution in [0.4, 0.5) is 0 Å². The smallest absolute Gasteiger partial charge is 0.302 e. The number of unbranched alkanes of at least 4 members (excludes halogenated alkanes) is 2. The first-order valence-corrected chi connectivity index (χ1v) is 6.67. The fraction of sp³-hybridized carbons (Fsp3) is 0.923. The lowest BCUT2D eigenvalue weighted by atomic mass is 10.2. The second kappa shape index (κ2) is 10.5. The SMILES string of the molecule is CCCCN(CCCC)C(O)CCOC(C)=O. The van der Waals surface area contributed by atoms with Gasteiger partial charge in [-0.25, -0.2) is 0 Å². The molecule has 0 heterocycles. The van der Waals surface area contributed by atoms with Crippen LogP contribution in [-0.4, -0.2) is 41.9 Å². The molecule has 4 heteroatoms.